The predicted molar refractivity (Wildman–Crippen MR) is 218 cm³/mol. The molecule has 11 rings (SSSR count). The molecule has 0 amide bonds. The van der Waals surface area contributed by atoms with Gasteiger partial charge in [0.15, 0.2) is 11.2 Å². The molecule has 5 heteroatoms. The fourth-order valence-electron chi connectivity index (χ4n) is 8.37. The summed E-state index contributed by atoms with van der Waals surface area (Å²) in [6.45, 7) is 0. The first-order chi connectivity index (χ1) is 27.2. The van der Waals surface area contributed by atoms with Crippen LogP contribution in [0.25, 0.3) is 78.7 Å². The zero-order valence-corrected chi connectivity index (χ0v) is 29.6. The summed E-state index contributed by atoms with van der Waals surface area (Å²) in [4.78, 5) is 15.0. The SMILES string of the molecule is c1ccc(C2(c3ccccc3)c3ccccc3-c3ccc(-c4cccc(-c5cc(-c6nc7ccccc7o6)cc(-c6nc7ccccc7o6)c5)n4)cc32)cc1. The van der Waals surface area contributed by atoms with Crippen LogP contribution in [-0.2, 0) is 5.41 Å². The summed E-state index contributed by atoms with van der Waals surface area (Å²) >= 11 is 0. The minimum absolute atomic E-state index is 0.496. The first-order valence-corrected chi connectivity index (χ1v) is 18.4. The zero-order chi connectivity index (χ0) is 36.3. The number of hydrogen-bond acceptors (Lipinski definition) is 5. The highest BCUT2D eigenvalue weighted by molar-refractivity contribution is 5.89. The van der Waals surface area contributed by atoms with Gasteiger partial charge in [-0.15, -0.1) is 0 Å². The highest BCUT2D eigenvalue weighted by Crippen LogP contribution is 2.56. The second-order valence-corrected chi connectivity index (χ2v) is 14.0. The van der Waals surface area contributed by atoms with Crippen LogP contribution < -0.4 is 0 Å². The molecule has 0 fully saturated rings. The van der Waals surface area contributed by atoms with E-state index in [4.69, 9.17) is 23.8 Å². The normalized spacial score (nSPS) is 12.9. The third-order valence-electron chi connectivity index (χ3n) is 10.8. The molecule has 258 valence electrons. The maximum absolute atomic E-state index is 6.27. The Morgan fingerprint density at radius 1 is 0.345 bits per heavy atom. The van der Waals surface area contributed by atoms with Crippen molar-refractivity contribution in [1.29, 1.82) is 0 Å². The van der Waals surface area contributed by atoms with Gasteiger partial charge in [0.05, 0.1) is 16.8 Å². The van der Waals surface area contributed by atoms with Gasteiger partial charge in [0.1, 0.15) is 11.0 Å². The molecule has 3 aromatic heterocycles. The summed E-state index contributed by atoms with van der Waals surface area (Å²) in [5.74, 6) is 1.04. The van der Waals surface area contributed by atoms with Gasteiger partial charge < -0.3 is 8.83 Å². The van der Waals surface area contributed by atoms with Crippen LogP contribution in [0.5, 0.6) is 0 Å². The van der Waals surface area contributed by atoms with Gasteiger partial charge in [-0.2, -0.15) is 0 Å². The Balaban J connectivity index is 1.08. The van der Waals surface area contributed by atoms with Crippen LogP contribution in [0.2, 0.25) is 0 Å². The second kappa shape index (κ2) is 12.4. The van der Waals surface area contributed by atoms with Gasteiger partial charge in [0, 0.05) is 22.3 Å². The first kappa shape index (κ1) is 31.2. The molecule has 0 saturated heterocycles. The van der Waals surface area contributed by atoms with E-state index in [1.165, 1.54) is 33.4 Å². The third-order valence-corrected chi connectivity index (χ3v) is 10.8. The number of benzene rings is 7. The van der Waals surface area contributed by atoms with Crippen LogP contribution in [0, 0.1) is 0 Å². The molecule has 1 aliphatic carbocycles. The molecule has 0 N–H and O–H groups in total. The first-order valence-electron chi connectivity index (χ1n) is 18.4. The van der Waals surface area contributed by atoms with E-state index in [1.807, 2.05) is 60.7 Å². The van der Waals surface area contributed by atoms with Gasteiger partial charge in [-0.1, -0.05) is 127 Å². The zero-order valence-electron chi connectivity index (χ0n) is 29.6. The van der Waals surface area contributed by atoms with E-state index in [1.54, 1.807) is 0 Å². The van der Waals surface area contributed by atoms with E-state index >= 15 is 0 Å². The molecule has 7 aromatic carbocycles. The highest BCUT2D eigenvalue weighted by Gasteiger charge is 2.46. The van der Waals surface area contributed by atoms with Crippen LogP contribution in [0.3, 0.4) is 0 Å². The minimum atomic E-state index is -0.496. The fraction of sp³-hybridized carbons (Fsp3) is 0.0200. The Kier molecular flexibility index (Phi) is 7.01. The van der Waals surface area contributed by atoms with Gasteiger partial charge >= 0.3 is 0 Å². The average molecular weight is 706 g/mol. The number of oxazole rings is 2. The number of nitrogens with zero attached hydrogens (tertiary/aromatic N) is 3. The molecule has 0 radical (unpaired) electrons. The van der Waals surface area contributed by atoms with Gasteiger partial charge in [-0.3, -0.25) is 0 Å². The Hall–Kier alpha value is -7.37. The van der Waals surface area contributed by atoms with E-state index in [2.05, 4.69) is 127 Å². The third kappa shape index (κ3) is 4.98. The lowest BCUT2D eigenvalue weighted by Crippen LogP contribution is -2.28. The summed E-state index contributed by atoms with van der Waals surface area (Å²) in [5, 5.41) is 0. The molecule has 1 aliphatic rings. The lowest BCUT2D eigenvalue weighted by atomic mass is 9.67. The van der Waals surface area contributed by atoms with E-state index in [-0.39, 0.29) is 0 Å². The fourth-order valence-corrected chi connectivity index (χ4v) is 8.37. The van der Waals surface area contributed by atoms with Crippen LogP contribution in [-0.4, -0.2) is 15.0 Å². The van der Waals surface area contributed by atoms with Crippen molar-refractivity contribution in [2.45, 2.75) is 5.41 Å². The quantitative estimate of drug-likeness (QED) is 0.172. The van der Waals surface area contributed by atoms with Crippen molar-refractivity contribution >= 4 is 22.2 Å². The molecule has 0 bridgehead atoms. The molecule has 0 atom stereocenters. The molecule has 0 saturated carbocycles. The van der Waals surface area contributed by atoms with Crippen LogP contribution in [0.4, 0.5) is 0 Å². The monoisotopic (exact) mass is 705 g/mol. The Morgan fingerprint density at radius 2 is 0.855 bits per heavy atom. The average Bonchev–Trinajstić information content (AvgIpc) is 3.97. The number of para-hydroxylation sites is 4. The Labute approximate surface area is 317 Å². The van der Waals surface area contributed by atoms with E-state index in [0.29, 0.717) is 11.8 Å². The summed E-state index contributed by atoms with van der Waals surface area (Å²) < 4.78 is 12.5. The molecule has 0 unspecified atom stereocenters. The largest absolute Gasteiger partial charge is 0.436 e. The van der Waals surface area contributed by atoms with E-state index < -0.39 is 5.41 Å². The van der Waals surface area contributed by atoms with E-state index in [0.717, 1.165) is 55.8 Å². The van der Waals surface area contributed by atoms with Gasteiger partial charge in [-0.05, 0) is 94.0 Å². The molecule has 3 heterocycles. The summed E-state index contributed by atoms with van der Waals surface area (Å²) in [7, 11) is 0. The maximum Gasteiger partial charge on any atom is 0.227 e. The Morgan fingerprint density at radius 3 is 1.47 bits per heavy atom. The van der Waals surface area contributed by atoms with Crippen molar-refractivity contribution in [2.24, 2.45) is 0 Å². The molecule has 10 aromatic rings. The number of fused-ring (bicyclic) bond motifs is 5. The van der Waals surface area contributed by atoms with Crippen LogP contribution >= 0.6 is 0 Å². The molecule has 5 nitrogen and oxygen atoms in total. The summed E-state index contributed by atoms with van der Waals surface area (Å²) in [6.07, 6.45) is 0. The van der Waals surface area contributed by atoms with Gasteiger partial charge in [0.25, 0.3) is 0 Å². The number of aromatic nitrogens is 3. The van der Waals surface area contributed by atoms with Crippen molar-refractivity contribution in [2.75, 3.05) is 0 Å². The van der Waals surface area contributed by atoms with Crippen molar-refractivity contribution in [3.05, 3.63) is 210 Å². The lowest BCUT2D eigenvalue weighted by Gasteiger charge is -2.34. The minimum Gasteiger partial charge on any atom is -0.436 e. The molecule has 0 spiro atoms. The number of hydrogen-bond donors (Lipinski definition) is 0. The van der Waals surface area contributed by atoms with Crippen molar-refractivity contribution in [3.8, 4) is 56.6 Å². The molecule has 55 heavy (non-hydrogen) atoms. The molecule has 0 aliphatic heterocycles. The second-order valence-electron chi connectivity index (χ2n) is 14.0. The number of pyridine rings is 1. The smallest absolute Gasteiger partial charge is 0.227 e. The highest BCUT2D eigenvalue weighted by atomic mass is 16.4. The predicted octanol–water partition coefficient (Wildman–Crippen LogP) is 12.4. The lowest BCUT2D eigenvalue weighted by molar-refractivity contribution is 0.617. The maximum atomic E-state index is 6.27. The van der Waals surface area contributed by atoms with Gasteiger partial charge in [-0.25, -0.2) is 15.0 Å². The summed E-state index contributed by atoms with van der Waals surface area (Å²) in [6, 6.07) is 65.4. The van der Waals surface area contributed by atoms with Crippen molar-refractivity contribution in [1.82, 2.24) is 15.0 Å². The van der Waals surface area contributed by atoms with E-state index in [9.17, 15) is 0 Å². The van der Waals surface area contributed by atoms with Gasteiger partial charge in [0.2, 0.25) is 11.8 Å². The van der Waals surface area contributed by atoms with Crippen molar-refractivity contribution < 1.29 is 8.83 Å². The Bertz CT molecular complexity index is 2860. The van der Waals surface area contributed by atoms with Crippen LogP contribution in [0.15, 0.2) is 197 Å². The molecular formula is C50H31N3O2. The summed E-state index contributed by atoms with van der Waals surface area (Å²) in [5.41, 5.74) is 15.3. The molecular weight excluding hydrogens is 675 g/mol. The number of rotatable bonds is 6. The topological polar surface area (TPSA) is 65.0 Å². The standard InChI is InChI=1S/C50H31N3O2/c1-3-14-36(15-4-1)50(37-16-5-2-6-17-37)40-19-8-7-18-38(40)39-27-26-32(31-41(39)50)42-22-13-23-43(51-42)33-28-34(48-52-44-20-9-11-24-46(44)54-48)30-35(29-33)49-53-45-21-10-12-25-47(45)55-49/h1-31H. The van der Waals surface area contributed by atoms with Crippen LogP contribution in [0.1, 0.15) is 22.3 Å². The van der Waals surface area contributed by atoms with Crippen molar-refractivity contribution in [3.63, 3.8) is 0 Å².